The van der Waals surface area contributed by atoms with Crippen LogP contribution in [0.25, 0.3) is 0 Å². The van der Waals surface area contributed by atoms with Crippen molar-refractivity contribution in [2.24, 2.45) is 34.5 Å². The number of hydrogen-bond donors (Lipinski definition) is 2. The zero-order chi connectivity index (χ0) is 20.9. The highest BCUT2D eigenvalue weighted by Crippen LogP contribution is 2.66. The van der Waals surface area contributed by atoms with Crippen molar-refractivity contribution in [2.75, 3.05) is 0 Å². The van der Waals surface area contributed by atoms with E-state index in [2.05, 4.69) is 13.8 Å². The molecule has 7 heteroatoms. The van der Waals surface area contributed by atoms with Crippen LogP contribution in [0.3, 0.4) is 0 Å². The Kier molecular flexibility index (Phi) is 5.15. The van der Waals surface area contributed by atoms with E-state index in [1.807, 2.05) is 0 Å². The predicted octanol–water partition coefficient (Wildman–Crippen LogP) is 4.04. The zero-order valence-corrected chi connectivity index (χ0v) is 16.7. The predicted molar refractivity (Wildman–Crippen MR) is 101 cm³/mol. The molecular formula is C21H29NO6. The highest BCUT2D eigenvalue weighted by Gasteiger charge is 2.60. The van der Waals surface area contributed by atoms with Gasteiger partial charge in [-0.25, -0.2) is 0 Å². The number of carbonyl (C=O) groups is 2. The van der Waals surface area contributed by atoms with Crippen molar-refractivity contribution in [1.29, 1.82) is 0 Å². The molecule has 2 N–H and O–H groups in total. The molecular weight excluding hydrogens is 362 g/mol. The molecule has 4 rings (SSSR count). The molecule has 3 fully saturated rings. The molecule has 0 heterocycles. The van der Waals surface area contributed by atoms with E-state index in [9.17, 15) is 14.7 Å². The first-order valence-corrected chi connectivity index (χ1v) is 10.0. The minimum atomic E-state index is -1.50. The molecule has 4 aliphatic rings. The smallest absolute Gasteiger partial charge is 0.291 e. The van der Waals surface area contributed by atoms with Gasteiger partial charge in [0.05, 0.1) is 0 Å². The Morgan fingerprint density at radius 3 is 2.43 bits per heavy atom. The molecule has 0 unspecified atom stereocenters. The molecule has 0 radical (unpaired) electrons. The van der Waals surface area contributed by atoms with Gasteiger partial charge in [0.25, 0.3) is 5.09 Å². The number of aliphatic hydroxyl groups is 1. The van der Waals surface area contributed by atoms with Crippen LogP contribution in [-0.4, -0.2) is 27.0 Å². The maximum Gasteiger partial charge on any atom is 0.291 e. The standard InChI is InChI=1S/C21H28O3.HNO3/c1-12(22)16-6-7-17-15-5-4-13-10-14(23)11-19(24)21(13,3)18(15)8-9-20(16,17)2;2-1(3)4/h10-11,15-18,24H,4-9H2,1-3H3;(H,2,3,4)/t15-,16+,17-,18-,20+,21-;/m0./s1. The summed E-state index contributed by atoms with van der Waals surface area (Å²) < 4.78 is 0. The number of ketones is 2. The van der Waals surface area contributed by atoms with E-state index in [4.69, 9.17) is 15.3 Å². The molecule has 0 saturated heterocycles. The molecule has 0 aromatic rings. The summed E-state index contributed by atoms with van der Waals surface area (Å²) in [5.74, 6) is 2.29. The molecule has 0 amide bonds. The average molecular weight is 391 g/mol. The number of nitrogens with zero attached hydrogens (tertiary/aromatic N) is 1. The Labute approximate surface area is 164 Å². The summed E-state index contributed by atoms with van der Waals surface area (Å²) in [6, 6.07) is 0. The van der Waals surface area contributed by atoms with Gasteiger partial charge in [-0.1, -0.05) is 12.5 Å². The van der Waals surface area contributed by atoms with Crippen molar-refractivity contribution in [1.82, 2.24) is 0 Å². The number of hydrogen-bond acceptors (Lipinski definition) is 5. The van der Waals surface area contributed by atoms with Gasteiger partial charge in [0.15, 0.2) is 5.78 Å². The molecule has 154 valence electrons. The first-order valence-electron chi connectivity index (χ1n) is 10.0. The molecule has 0 bridgehead atoms. The van der Waals surface area contributed by atoms with Crippen LogP contribution in [0.4, 0.5) is 0 Å². The third-order valence-corrected chi connectivity index (χ3v) is 8.21. The van der Waals surface area contributed by atoms with Gasteiger partial charge >= 0.3 is 0 Å². The van der Waals surface area contributed by atoms with Crippen molar-refractivity contribution in [3.8, 4) is 0 Å². The molecule has 7 nitrogen and oxygen atoms in total. The van der Waals surface area contributed by atoms with Gasteiger partial charge in [-0.3, -0.25) is 9.59 Å². The molecule has 0 spiro atoms. The molecule has 6 atom stereocenters. The summed E-state index contributed by atoms with van der Waals surface area (Å²) in [5.41, 5.74) is 0.888. The summed E-state index contributed by atoms with van der Waals surface area (Å²) >= 11 is 0. The lowest BCUT2D eigenvalue weighted by molar-refractivity contribution is -0.742. The van der Waals surface area contributed by atoms with E-state index in [-0.39, 0.29) is 28.3 Å². The van der Waals surface area contributed by atoms with Crippen LogP contribution in [0, 0.1) is 44.6 Å². The molecule has 0 aliphatic heterocycles. The van der Waals surface area contributed by atoms with Crippen LogP contribution in [0.5, 0.6) is 0 Å². The molecule has 0 aromatic carbocycles. The molecule has 4 aliphatic carbocycles. The van der Waals surface area contributed by atoms with Gasteiger partial charge < -0.3 is 10.3 Å². The maximum atomic E-state index is 12.1. The Morgan fingerprint density at radius 1 is 1.18 bits per heavy atom. The second-order valence-electron chi connectivity index (χ2n) is 9.24. The number of allylic oxidation sites excluding steroid dienone is 3. The second kappa shape index (κ2) is 7.01. The van der Waals surface area contributed by atoms with Crippen LogP contribution in [-0.2, 0) is 9.59 Å². The topological polar surface area (TPSA) is 118 Å². The normalized spacial score (nSPS) is 41.3. The largest absolute Gasteiger partial charge is 0.511 e. The van der Waals surface area contributed by atoms with Crippen LogP contribution < -0.4 is 0 Å². The van der Waals surface area contributed by atoms with E-state index in [0.29, 0.717) is 23.5 Å². The molecule has 3 saturated carbocycles. The highest BCUT2D eigenvalue weighted by atomic mass is 16.9. The van der Waals surface area contributed by atoms with Gasteiger partial charge in [0.1, 0.15) is 11.5 Å². The maximum absolute atomic E-state index is 12.1. The quantitative estimate of drug-likeness (QED) is 0.514. The van der Waals surface area contributed by atoms with E-state index in [1.54, 1.807) is 13.0 Å². The fourth-order valence-electron chi connectivity index (χ4n) is 6.97. The van der Waals surface area contributed by atoms with Crippen molar-refractivity contribution in [2.45, 2.75) is 59.3 Å². The van der Waals surface area contributed by atoms with Crippen molar-refractivity contribution < 1.29 is 25.0 Å². The number of Topliss-reactive ketones (excluding diaryl/α,β-unsaturated/α-hetero) is 1. The average Bonchev–Trinajstić information content (AvgIpc) is 2.93. The summed E-state index contributed by atoms with van der Waals surface area (Å²) in [6.45, 7) is 6.23. The Hall–Kier alpha value is -2.18. The van der Waals surface area contributed by atoms with Crippen LogP contribution in [0.15, 0.2) is 23.5 Å². The Bertz CT molecular complexity index is 767. The van der Waals surface area contributed by atoms with E-state index >= 15 is 0 Å². The summed E-state index contributed by atoms with van der Waals surface area (Å²) in [5, 5.41) is 24.3. The van der Waals surface area contributed by atoms with Gasteiger partial charge in [0.2, 0.25) is 0 Å². The summed E-state index contributed by atoms with van der Waals surface area (Å²) in [4.78, 5) is 32.3. The second-order valence-corrected chi connectivity index (χ2v) is 9.24. The molecule has 28 heavy (non-hydrogen) atoms. The SMILES string of the molecule is CC(=O)[C@H]1CC[C@H]2[C@@H]3CCC4=CC(=O)C=C(O)[C@]4(C)[C@H]3CC[C@]12C.O=[N+]([O-])O. The first kappa shape index (κ1) is 20.6. The lowest BCUT2D eigenvalue weighted by Gasteiger charge is -2.57. The highest BCUT2D eigenvalue weighted by molar-refractivity contribution is 6.01. The monoisotopic (exact) mass is 391 g/mol. The van der Waals surface area contributed by atoms with Gasteiger partial charge in [-0.2, -0.15) is 0 Å². The van der Waals surface area contributed by atoms with Gasteiger partial charge in [-0.15, -0.1) is 10.1 Å². The van der Waals surface area contributed by atoms with Gasteiger partial charge in [0, 0.05) is 17.4 Å². The van der Waals surface area contributed by atoms with Crippen molar-refractivity contribution in [3.05, 3.63) is 33.6 Å². The Morgan fingerprint density at radius 2 is 1.82 bits per heavy atom. The Balaban J connectivity index is 0.000000516. The van der Waals surface area contributed by atoms with Crippen molar-refractivity contribution >= 4 is 11.6 Å². The summed E-state index contributed by atoms with van der Waals surface area (Å²) in [7, 11) is 0. The first-order chi connectivity index (χ1) is 13.0. The van der Waals surface area contributed by atoms with Crippen LogP contribution in [0.1, 0.15) is 59.3 Å². The molecule has 0 aromatic heterocycles. The fraction of sp³-hybridized carbons (Fsp3) is 0.714. The van der Waals surface area contributed by atoms with Crippen LogP contribution >= 0.6 is 0 Å². The fourth-order valence-corrected chi connectivity index (χ4v) is 6.97. The third-order valence-electron chi connectivity index (χ3n) is 8.21. The van der Waals surface area contributed by atoms with E-state index in [0.717, 1.165) is 44.1 Å². The zero-order valence-electron chi connectivity index (χ0n) is 16.7. The third kappa shape index (κ3) is 3.05. The van der Waals surface area contributed by atoms with Gasteiger partial charge in [-0.05, 0) is 81.6 Å². The number of aliphatic hydroxyl groups excluding tert-OH is 1. The number of carbonyl (C=O) groups excluding carboxylic acids is 2. The lowest BCUT2D eigenvalue weighted by atomic mass is 9.47. The summed E-state index contributed by atoms with van der Waals surface area (Å²) in [6.07, 6.45) is 9.45. The lowest BCUT2D eigenvalue weighted by Crippen LogP contribution is -2.51. The van der Waals surface area contributed by atoms with E-state index < -0.39 is 5.09 Å². The minimum Gasteiger partial charge on any atom is -0.511 e. The van der Waals surface area contributed by atoms with E-state index in [1.165, 1.54) is 6.08 Å². The number of fused-ring (bicyclic) bond motifs is 5. The minimum absolute atomic E-state index is 0.0726. The van der Waals surface area contributed by atoms with Crippen LogP contribution in [0.2, 0.25) is 0 Å². The van der Waals surface area contributed by atoms with Crippen molar-refractivity contribution in [3.63, 3.8) is 0 Å². The number of rotatable bonds is 1.